The van der Waals surface area contributed by atoms with E-state index in [2.05, 4.69) is 43.3 Å². The number of nitrogens with one attached hydrogen (secondary N) is 1. The second-order valence-corrected chi connectivity index (χ2v) is 6.33. The molecule has 120 valence electrons. The zero-order valence-corrected chi connectivity index (χ0v) is 14.6. The Labute approximate surface area is 137 Å². The molecule has 1 aliphatic heterocycles. The quantitative estimate of drug-likeness (QED) is 0.852. The van der Waals surface area contributed by atoms with Crippen molar-refractivity contribution in [1.29, 1.82) is 0 Å². The van der Waals surface area contributed by atoms with Crippen molar-refractivity contribution in [1.82, 2.24) is 9.88 Å². The van der Waals surface area contributed by atoms with Gasteiger partial charge in [0.25, 0.3) is 0 Å². The standard InChI is InChI=1S/C17H25N3OS/c1-6-13(5)15-16(22-17(19-15)18-12(3)4)14(7-2)20-8-10-21-11-9-20/h7H,3,5-6,8-11H2,1-2,4H3,(H,18,19)/b14-7+. The minimum absolute atomic E-state index is 0.775. The fourth-order valence-corrected chi connectivity index (χ4v) is 3.59. The summed E-state index contributed by atoms with van der Waals surface area (Å²) in [7, 11) is 0. The molecule has 0 saturated carbocycles. The number of rotatable bonds is 6. The third-order valence-electron chi connectivity index (χ3n) is 3.57. The summed E-state index contributed by atoms with van der Waals surface area (Å²) in [5.41, 5.74) is 4.17. The Morgan fingerprint density at radius 3 is 2.64 bits per heavy atom. The van der Waals surface area contributed by atoms with E-state index < -0.39 is 0 Å². The summed E-state index contributed by atoms with van der Waals surface area (Å²) in [5, 5.41) is 4.10. The maximum Gasteiger partial charge on any atom is 0.188 e. The van der Waals surface area contributed by atoms with Crippen LogP contribution in [0.2, 0.25) is 0 Å². The van der Waals surface area contributed by atoms with Gasteiger partial charge in [0.15, 0.2) is 5.13 Å². The lowest BCUT2D eigenvalue weighted by atomic mass is 10.1. The van der Waals surface area contributed by atoms with Gasteiger partial charge in [0, 0.05) is 18.8 Å². The van der Waals surface area contributed by atoms with Gasteiger partial charge in [0.1, 0.15) is 0 Å². The first kappa shape index (κ1) is 16.8. The van der Waals surface area contributed by atoms with Crippen molar-refractivity contribution in [3.63, 3.8) is 0 Å². The maximum absolute atomic E-state index is 5.46. The Morgan fingerprint density at radius 2 is 2.09 bits per heavy atom. The van der Waals surface area contributed by atoms with Gasteiger partial charge >= 0.3 is 0 Å². The number of hydrogen-bond acceptors (Lipinski definition) is 5. The number of nitrogens with zero attached hydrogens (tertiary/aromatic N) is 2. The van der Waals surface area contributed by atoms with Crippen molar-refractivity contribution in [2.24, 2.45) is 0 Å². The average Bonchev–Trinajstić information content (AvgIpc) is 2.91. The van der Waals surface area contributed by atoms with Crippen LogP contribution in [0.3, 0.4) is 0 Å². The van der Waals surface area contributed by atoms with Crippen molar-refractivity contribution in [3.05, 3.63) is 35.5 Å². The normalized spacial score (nSPS) is 15.8. The van der Waals surface area contributed by atoms with Crippen molar-refractivity contribution in [2.45, 2.75) is 27.2 Å². The molecule has 5 heteroatoms. The Bertz CT molecular complexity index is 583. The van der Waals surface area contributed by atoms with Crippen LogP contribution in [0, 0.1) is 0 Å². The minimum atomic E-state index is 0.775. The number of ether oxygens (including phenoxy) is 1. The molecule has 0 atom stereocenters. The average molecular weight is 319 g/mol. The van der Waals surface area contributed by atoms with Crippen LogP contribution in [0.1, 0.15) is 37.8 Å². The van der Waals surface area contributed by atoms with Crippen LogP contribution < -0.4 is 5.32 Å². The second-order valence-electron chi connectivity index (χ2n) is 5.33. The summed E-state index contributed by atoms with van der Waals surface area (Å²) in [4.78, 5) is 8.28. The molecule has 0 amide bonds. The first-order chi connectivity index (χ1) is 10.6. The van der Waals surface area contributed by atoms with Crippen molar-refractivity contribution in [3.8, 4) is 0 Å². The molecule has 1 aliphatic rings. The summed E-state index contributed by atoms with van der Waals surface area (Å²) >= 11 is 1.66. The van der Waals surface area contributed by atoms with Crippen molar-refractivity contribution in [2.75, 3.05) is 31.6 Å². The van der Waals surface area contributed by atoms with E-state index in [0.717, 1.165) is 54.8 Å². The summed E-state index contributed by atoms with van der Waals surface area (Å²) in [5.74, 6) is 0. The largest absolute Gasteiger partial charge is 0.378 e. The highest BCUT2D eigenvalue weighted by Gasteiger charge is 2.22. The third kappa shape index (κ3) is 3.78. The molecule has 1 N–H and O–H groups in total. The summed E-state index contributed by atoms with van der Waals surface area (Å²) in [6.07, 6.45) is 3.05. The van der Waals surface area contributed by atoms with Gasteiger partial charge in [0.05, 0.1) is 29.5 Å². The third-order valence-corrected chi connectivity index (χ3v) is 4.56. The summed E-state index contributed by atoms with van der Waals surface area (Å²) in [6, 6.07) is 0. The Morgan fingerprint density at radius 1 is 1.41 bits per heavy atom. The zero-order valence-electron chi connectivity index (χ0n) is 13.7. The van der Waals surface area contributed by atoms with Gasteiger partial charge in [-0.1, -0.05) is 37.5 Å². The van der Waals surface area contributed by atoms with Gasteiger partial charge < -0.3 is 15.0 Å². The van der Waals surface area contributed by atoms with E-state index in [1.165, 1.54) is 10.6 Å². The highest BCUT2D eigenvalue weighted by Crippen LogP contribution is 2.36. The molecule has 1 fully saturated rings. The lowest BCUT2D eigenvalue weighted by Gasteiger charge is -2.30. The fraction of sp³-hybridized carbons (Fsp3) is 0.471. The number of hydrogen-bond donors (Lipinski definition) is 1. The van der Waals surface area contributed by atoms with Crippen LogP contribution in [0.5, 0.6) is 0 Å². The van der Waals surface area contributed by atoms with E-state index in [-0.39, 0.29) is 0 Å². The minimum Gasteiger partial charge on any atom is -0.378 e. The topological polar surface area (TPSA) is 37.4 Å². The van der Waals surface area contributed by atoms with E-state index in [0.29, 0.717) is 0 Å². The van der Waals surface area contributed by atoms with Crippen LogP contribution >= 0.6 is 11.3 Å². The van der Waals surface area contributed by atoms with E-state index in [1.54, 1.807) is 11.3 Å². The molecule has 22 heavy (non-hydrogen) atoms. The molecule has 0 aliphatic carbocycles. The number of aromatic nitrogens is 1. The van der Waals surface area contributed by atoms with E-state index in [1.807, 2.05) is 6.92 Å². The molecular weight excluding hydrogens is 294 g/mol. The fourth-order valence-electron chi connectivity index (χ4n) is 2.40. The number of thiazole rings is 1. The van der Waals surface area contributed by atoms with Gasteiger partial charge in [-0.15, -0.1) is 0 Å². The molecule has 0 bridgehead atoms. The van der Waals surface area contributed by atoms with Crippen LogP contribution in [-0.4, -0.2) is 36.2 Å². The molecule has 0 unspecified atom stereocenters. The van der Waals surface area contributed by atoms with Crippen LogP contribution in [0.4, 0.5) is 5.13 Å². The molecule has 1 aromatic heterocycles. The molecule has 4 nitrogen and oxygen atoms in total. The second kappa shape index (κ2) is 7.61. The molecule has 0 aromatic carbocycles. The van der Waals surface area contributed by atoms with Crippen LogP contribution in [-0.2, 0) is 4.74 Å². The van der Waals surface area contributed by atoms with E-state index in [9.17, 15) is 0 Å². The maximum atomic E-state index is 5.46. The van der Waals surface area contributed by atoms with E-state index in [4.69, 9.17) is 9.72 Å². The Balaban J connectivity index is 2.39. The highest BCUT2D eigenvalue weighted by molar-refractivity contribution is 7.16. The molecule has 1 aromatic rings. The monoisotopic (exact) mass is 319 g/mol. The SMILES string of the molecule is C=C(C)Nc1nc(C(=C)CC)c(/C(=C\C)N2CCOCC2)s1. The van der Waals surface area contributed by atoms with Gasteiger partial charge in [-0.3, -0.25) is 0 Å². The van der Waals surface area contributed by atoms with Gasteiger partial charge in [-0.05, 0) is 25.8 Å². The smallest absolute Gasteiger partial charge is 0.188 e. The number of allylic oxidation sites excluding steroid dienone is 3. The highest BCUT2D eigenvalue weighted by atomic mass is 32.1. The van der Waals surface area contributed by atoms with Crippen molar-refractivity contribution < 1.29 is 4.74 Å². The van der Waals surface area contributed by atoms with E-state index >= 15 is 0 Å². The lowest BCUT2D eigenvalue weighted by molar-refractivity contribution is 0.0640. The number of anilines is 1. The predicted octanol–water partition coefficient (Wildman–Crippen LogP) is 4.20. The number of morpholine rings is 1. The van der Waals surface area contributed by atoms with Crippen molar-refractivity contribution >= 4 is 27.7 Å². The summed E-state index contributed by atoms with van der Waals surface area (Å²) < 4.78 is 5.46. The van der Waals surface area contributed by atoms with Crippen LogP contribution in [0.25, 0.3) is 11.3 Å². The first-order valence-electron chi connectivity index (χ1n) is 7.67. The molecule has 0 spiro atoms. The predicted molar refractivity (Wildman–Crippen MR) is 95.9 cm³/mol. The Hall–Kier alpha value is -1.59. The molecule has 1 saturated heterocycles. The van der Waals surface area contributed by atoms with Gasteiger partial charge in [-0.25, -0.2) is 4.98 Å². The zero-order chi connectivity index (χ0) is 16.1. The molecular formula is C17H25N3OS. The van der Waals surface area contributed by atoms with Crippen LogP contribution in [0.15, 0.2) is 24.9 Å². The Kier molecular flexibility index (Phi) is 5.80. The van der Waals surface area contributed by atoms with Gasteiger partial charge in [0.2, 0.25) is 0 Å². The molecule has 0 radical (unpaired) electrons. The van der Waals surface area contributed by atoms with Gasteiger partial charge in [-0.2, -0.15) is 0 Å². The summed E-state index contributed by atoms with van der Waals surface area (Å²) in [6.45, 7) is 17.6. The first-order valence-corrected chi connectivity index (χ1v) is 8.49. The molecule has 2 rings (SSSR count). The lowest BCUT2D eigenvalue weighted by Crippen LogP contribution is -2.34. The molecule has 2 heterocycles.